The van der Waals surface area contributed by atoms with Crippen molar-refractivity contribution in [3.63, 3.8) is 0 Å². The molecule has 0 aromatic carbocycles. The van der Waals surface area contributed by atoms with E-state index in [2.05, 4.69) is 45.4 Å². The van der Waals surface area contributed by atoms with Crippen LogP contribution >= 0.6 is 11.3 Å². The molecule has 2 aliphatic rings. The Labute approximate surface area is 194 Å². The normalized spacial score (nSPS) is 19.5. The third-order valence-electron chi connectivity index (χ3n) is 6.06. The van der Waals surface area contributed by atoms with Gasteiger partial charge in [0.25, 0.3) is 0 Å². The third-order valence-corrected chi connectivity index (χ3v) is 7.03. The molecule has 33 heavy (non-hydrogen) atoms. The van der Waals surface area contributed by atoms with Crippen LogP contribution in [0.1, 0.15) is 25.8 Å². The Morgan fingerprint density at radius 1 is 1.18 bits per heavy atom. The summed E-state index contributed by atoms with van der Waals surface area (Å²) in [4.78, 5) is 7.09. The Morgan fingerprint density at radius 2 is 2.03 bits per heavy atom. The first-order valence-corrected chi connectivity index (χ1v) is 11.8. The van der Waals surface area contributed by atoms with Crippen LogP contribution in [-0.4, -0.2) is 56.1 Å². The molecule has 4 aromatic rings. The van der Waals surface area contributed by atoms with Crippen LogP contribution < -0.4 is 10.2 Å². The van der Waals surface area contributed by atoms with Crippen molar-refractivity contribution in [1.29, 1.82) is 5.26 Å². The second-order valence-electron chi connectivity index (χ2n) is 8.70. The van der Waals surface area contributed by atoms with Crippen LogP contribution in [0.15, 0.2) is 36.7 Å². The first-order chi connectivity index (χ1) is 16.1. The largest absolute Gasteiger partial charge is 0.382 e. The molecule has 0 spiro atoms. The number of anilines is 2. The molecule has 10 heteroatoms. The molecular formula is C23H22N8OS. The summed E-state index contributed by atoms with van der Waals surface area (Å²) in [5.74, 6) is 0. The molecule has 0 amide bonds. The number of hydrogen-bond acceptors (Lipinski definition) is 9. The zero-order valence-electron chi connectivity index (χ0n) is 18.3. The van der Waals surface area contributed by atoms with Gasteiger partial charge in [0.15, 0.2) is 5.01 Å². The van der Waals surface area contributed by atoms with Gasteiger partial charge in [-0.2, -0.15) is 10.4 Å². The maximum absolute atomic E-state index is 9.14. The van der Waals surface area contributed by atoms with E-state index >= 15 is 0 Å². The summed E-state index contributed by atoms with van der Waals surface area (Å²) in [6.07, 6.45) is 4.59. The molecule has 0 saturated carbocycles. The Bertz CT molecular complexity index is 1370. The lowest BCUT2D eigenvalue weighted by molar-refractivity contribution is 0.0102. The number of pyridine rings is 1. The SMILES string of the molecule is CC(C)Nc1cc(-c2ccc3cc(C#N)cnn23)ncc1-c1nnc(N2C3COCC2C3)s1. The molecule has 6 heterocycles. The average molecular weight is 459 g/mol. The van der Waals surface area contributed by atoms with Gasteiger partial charge in [-0.15, -0.1) is 10.2 Å². The first kappa shape index (κ1) is 20.1. The van der Waals surface area contributed by atoms with E-state index in [1.54, 1.807) is 22.0 Å². The maximum Gasteiger partial charge on any atom is 0.209 e. The number of ether oxygens (including phenoxy) is 1. The predicted molar refractivity (Wildman–Crippen MR) is 126 cm³/mol. The number of fused-ring (bicyclic) bond motifs is 3. The fourth-order valence-corrected chi connectivity index (χ4v) is 5.54. The average Bonchev–Trinajstić information content (AvgIpc) is 3.46. The number of hydrogen-bond donors (Lipinski definition) is 1. The smallest absolute Gasteiger partial charge is 0.209 e. The Hall–Kier alpha value is -3.55. The number of rotatable bonds is 5. The van der Waals surface area contributed by atoms with Crippen molar-refractivity contribution in [2.75, 3.05) is 23.4 Å². The van der Waals surface area contributed by atoms with E-state index in [1.807, 2.05) is 30.5 Å². The van der Waals surface area contributed by atoms with Crippen LogP contribution in [0.3, 0.4) is 0 Å². The van der Waals surface area contributed by atoms with Crippen molar-refractivity contribution in [2.45, 2.75) is 38.4 Å². The summed E-state index contributed by atoms with van der Waals surface area (Å²) in [6.45, 7) is 5.73. The molecule has 2 saturated heterocycles. The number of morpholine rings is 1. The van der Waals surface area contributed by atoms with E-state index in [1.165, 1.54) is 6.42 Å². The molecule has 1 N–H and O–H groups in total. The van der Waals surface area contributed by atoms with Crippen molar-refractivity contribution in [1.82, 2.24) is 24.8 Å². The van der Waals surface area contributed by atoms with Gasteiger partial charge < -0.3 is 15.0 Å². The van der Waals surface area contributed by atoms with Gasteiger partial charge in [-0.1, -0.05) is 11.3 Å². The zero-order chi connectivity index (χ0) is 22.5. The molecule has 2 atom stereocenters. The van der Waals surface area contributed by atoms with E-state index in [0.717, 1.165) is 51.5 Å². The highest BCUT2D eigenvalue weighted by Gasteiger charge is 2.44. The minimum atomic E-state index is 0.235. The first-order valence-electron chi connectivity index (χ1n) is 11.0. The molecular weight excluding hydrogens is 436 g/mol. The van der Waals surface area contributed by atoms with Crippen molar-refractivity contribution in [2.24, 2.45) is 0 Å². The summed E-state index contributed by atoms with van der Waals surface area (Å²) < 4.78 is 7.40. The van der Waals surface area contributed by atoms with E-state index in [-0.39, 0.29) is 6.04 Å². The van der Waals surface area contributed by atoms with Gasteiger partial charge in [0.2, 0.25) is 5.13 Å². The number of nitrogens with zero attached hydrogens (tertiary/aromatic N) is 7. The van der Waals surface area contributed by atoms with Gasteiger partial charge in [-0.05, 0) is 44.5 Å². The molecule has 2 fully saturated rings. The number of nitrogens with one attached hydrogen (secondary N) is 1. The lowest BCUT2D eigenvalue weighted by atomic mass is 9.92. The van der Waals surface area contributed by atoms with Crippen molar-refractivity contribution in [3.8, 4) is 28.0 Å². The van der Waals surface area contributed by atoms with E-state index in [4.69, 9.17) is 15.0 Å². The molecule has 2 aliphatic heterocycles. The molecule has 9 nitrogen and oxygen atoms in total. The van der Waals surface area contributed by atoms with Crippen LogP contribution in [0.25, 0.3) is 27.5 Å². The summed E-state index contributed by atoms with van der Waals surface area (Å²) in [5.41, 5.74) is 4.92. The summed E-state index contributed by atoms with van der Waals surface area (Å²) in [6, 6.07) is 11.0. The summed E-state index contributed by atoms with van der Waals surface area (Å²) >= 11 is 1.60. The Balaban J connectivity index is 1.37. The molecule has 2 unspecified atom stereocenters. The number of aromatic nitrogens is 5. The summed E-state index contributed by atoms with van der Waals surface area (Å²) in [5, 5.41) is 27.9. The van der Waals surface area contributed by atoms with Crippen LogP contribution in [-0.2, 0) is 4.74 Å². The molecule has 0 aliphatic carbocycles. The Morgan fingerprint density at radius 3 is 2.79 bits per heavy atom. The molecule has 6 rings (SSSR count). The maximum atomic E-state index is 9.14. The summed E-state index contributed by atoms with van der Waals surface area (Å²) in [7, 11) is 0. The van der Waals surface area contributed by atoms with Gasteiger partial charge >= 0.3 is 0 Å². The molecule has 4 aromatic heterocycles. The third kappa shape index (κ3) is 3.41. The standard InChI is InChI=1S/C23H22N8OS/c1-13(2)27-19-7-20(21-4-3-15-5-14(8-24)9-26-31(15)21)25-10-18(19)22-28-29-23(33-22)30-16-6-17(30)12-32-11-16/h3-5,7,9-10,13,16-17H,6,11-12H2,1-2H3,(H,25,27). The minimum absolute atomic E-state index is 0.235. The highest BCUT2D eigenvalue weighted by Crippen LogP contribution is 2.41. The van der Waals surface area contributed by atoms with Crippen LogP contribution in [0, 0.1) is 11.3 Å². The van der Waals surface area contributed by atoms with Gasteiger partial charge in [0.1, 0.15) is 6.07 Å². The second kappa shape index (κ2) is 7.79. The lowest BCUT2D eigenvalue weighted by Gasteiger charge is -2.52. The van der Waals surface area contributed by atoms with Crippen LogP contribution in [0.4, 0.5) is 10.8 Å². The quantitative estimate of drug-likeness (QED) is 0.484. The highest BCUT2D eigenvalue weighted by atomic mass is 32.1. The lowest BCUT2D eigenvalue weighted by Crippen LogP contribution is -2.64. The van der Waals surface area contributed by atoms with Crippen molar-refractivity contribution >= 4 is 27.7 Å². The molecule has 166 valence electrons. The molecule has 2 bridgehead atoms. The molecule has 0 radical (unpaired) electrons. The van der Waals surface area contributed by atoms with Gasteiger partial charge in [0, 0.05) is 17.9 Å². The van der Waals surface area contributed by atoms with E-state index in [0.29, 0.717) is 17.6 Å². The van der Waals surface area contributed by atoms with Gasteiger partial charge in [-0.3, -0.25) is 4.98 Å². The Kier molecular flexibility index (Phi) is 4.74. The van der Waals surface area contributed by atoms with E-state index < -0.39 is 0 Å². The van der Waals surface area contributed by atoms with Crippen molar-refractivity contribution in [3.05, 3.63) is 42.2 Å². The van der Waals surface area contributed by atoms with E-state index in [9.17, 15) is 0 Å². The second-order valence-corrected chi connectivity index (χ2v) is 9.66. The topological polar surface area (TPSA) is 104 Å². The fourth-order valence-electron chi connectivity index (χ4n) is 4.53. The number of nitriles is 1. The predicted octanol–water partition coefficient (Wildman–Crippen LogP) is 3.58. The monoisotopic (exact) mass is 458 g/mol. The zero-order valence-corrected chi connectivity index (χ0v) is 19.1. The van der Waals surface area contributed by atoms with Crippen LogP contribution in [0.2, 0.25) is 0 Å². The van der Waals surface area contributed by atoms with Gasteiger partial charge in [0.05, 0.1) is 59.5 Å². The highest BCUT2D eigenvalue weighted by molar-refractivity contribution is 7.18. The minimum Gasteiger partial charge on any atom is -0.382 e. The van der Waals surface area contributed by atoms with Gasteiger partial charge in [-0.25, -0.2) is 4.52 Å². The fraction of sp³-hybridized carbons (Fsp3) is 0.348. The van der Waals surface area contributed by atoms with Crippen molar-refractivity contribution < 1.29 is 4.74 Å². The van der Waals surface area contributed by atoms with Crippen LogP contribution in [0.5, 0.6) is 0 Å².